The van der Waals surface area contributed by atoms with Crippen molar-refractivity contribution in [1.82, 2.24) is 0 Å². The molecule has 1 aliphatic rings. The van der Waals surface area contributed by atoms with Gasteiger partial charge in [-0.05, 0) is 60.9 Å². The number of rotatable bonds is 7. The largest absolute Gasteiger partial charge is 0.507 e. The number of aryl methyl sites for hydroxylation is 1. The van der Waals surface area contributed by atoms with E-state index in [9.17, 15) is 19.5 Å². The number of ketones is 1. The van der Waals surface area contributed by atoms with Crippen LogP contribution < -0.4 is 14.4 Å². The number of anilines is 1. The zero-order valence-electron chi connectivity index (χ0n) is 20.4. The molecule has 0 aromatic heterocycles. The summed E-state index contributed by atoms with van der Waals surface area (Å²) in [4.78, 5) is 39.6. The molecule has 184 valence electrons. The van der Waals surface area contributed by atoms with E-state index in [4.69, 9.17) is 9.47 Å². The number of ether oxygens (including phenoxy) is 2. The van der Waals surface area contributed by atoms with Crippen LogP contribution in [0, 0.1) is 0 Å². The van der Waals surface area contributed by atoms with Crippen molar-refractivity contribution < 1.29 is 29.0 Å². The van der Waals surface area contributed by atoms with Crippen molar-refractivity contribution in [2.45, 2.75) is 33.2 Å². The SMILES string of the molecule is CCOc1cccc(/C(O)=C2/C(=O)C(=O)N(c3ccc(CC)cc3)C2c2cccc(OC(C)=O)c2)c1. The molecule has 1 atom stereocenters. The molecule has 7 heteroatoms. The van der Waals surface area contributed by atoms with E-state index in [1.165, 1.54) is 11.8 Å². The normalized spacial score (nSPS) is 16.8. The van der Waals surface area contributed by atoms with Crippen LogP contribution in [0.5, 0.6) is 11.5 Å². The van der Waals surface area contributed by atoms with Gasteiger partial charge in [0.25, 0.3) is 11.7 Å². The lowest BCUT2D eigenvalue weighted by Gasteiger charge is -2.26. The fourth-order valence-corrected chi connectivity index (χ4v) is 4.28. The molecule has 3 aromatic carbocycles. The number of hydrogen-bond acceptors (Lipinski definition) is 6. The maximum absolute atomic E-state index is 13.4. The number of esters is 1. The van der Waals surface area contributed by atoms with Gasteiger partial charge in [0.15, 0.2) is 0 Å². The summed E-state index contributed by atoms with van der Waals surface area (Å²) >= 11 is 0. The molecule has 0 spiro atoms. The molecule has 1 unspecified atom stereocenters. The van der Waals surface area contributed by atoms with Gasteiger partial charge >= 0.3 is 5.97 Å². The summed E-state index contributed by atoms with van der Waals surface area (Å²) in [5, 5.41) is 11.3. The molecule has 0 bridgehead atoms. The Morgan fingerprint density at radius 1 is 0.944 bits per heavy atom. The van der Waals surface area contributed by atoms with Crippen LogP contribution in [0.15, 0.2) is 78.4 Å². The highest BCUT2D eigenvalue weighted by molar-refractivity contribution is 6.51. The molecule has 1 fully saturated rings. The van der Waals surface area contributed by atoms with Crippen LogP contribution in [-0.4, -0.2) is 29.4 Å². The number of Topliss-reactive ketones (excluding diaryl/α,β-unsaturated/α-hetero) is 1. The van der Waals surface area contributed by atoms with Gasteiger partial charge in [0.1, 0.15) is 17.3 Å². The van der Waals surface area contributed by atoms with Crippen molar-refractivity contribution >= 4 is 29.1 Å². The van der Waals surface area contributed by atoms with Gasteiger partial charge in [-0.15, -0.1) is 0 Å². The zero-order valence-corrected chi connectivity index (χ0v) is 20.4. The lowest BCUT2D eigenvalue weighted by molar-refractivity contribution is -0.132. The van der Waals surface area contributed by atoms with Gasteiger partial charge in [-0.25, -0.2) is 0 Å². The molecule has 1 N–H and O–H groups in total. The summed E-state index contributed by atoms with van der Waals surface area (Å²) in [5.41, 5.74) is 2.39. The maximum Gasteiger partial charge on any atom is 0.308 e. The molecule has 7 nitrogen and oxygen atoms in total. The highest BCUT2D eigenvalue weighted by atomic mass is 16.5. The first-order valence-electron chi connectivity index (χ1n) is 11.8. The second-order valence-electron chi connectivity index (χ2n) is 8.32. The van der Waals surface area contributed by atoms with Gasteiger partial charge in [-0.2, -0.15) is 0 Å². The van der Waals surface area contributed by atoms with E-state index in [1.54, 1.807) is 60.7 Å². The number of benzene rings is 3. The van der Waals surface area contributed by atoms with Gasteiger partial charge in [-0.1, -0.05) is 43.3 Å². The van der Waals surface area contributed by atoms with Gasteiger partial charge in [0.05, 0.1) is 18.2 Å². The number of aliphatic hydroxyl groups excluding tert-OH is 1. The number of amides is 1. The Labute approximate surface area is 209 Å². The summed E-state index contributed by atoms with van der Waals surface area (Å²) in [6.07, 6.45) is 0.823. The Kier molecular flexibility index (Phi) is 7.20. The third kappa shape index (κ3) is 4.86. The Hall–Kier alpha value is -4.39. The molecule has 1 saturated heterocycles. The average Bonchev–Trinajstić information content (AvgIpc) is 3.14. The van der Waals surface area contributed by atoms with Crippen molar-refractivity contribution in [2.75, 3.05) is 11.5 Å². The monoisotopic (exact) mass is 485 g/mol. The first kappa shape index (κ1) is 24.7. The van der Waals surface area contributed by atoms with Crippen LogP contribution in [0.1, 0.15) is 43.5 Å². The van der Waals surface area contributed by atoms with E-state index in [-0.39, 0.29) is 17.1 Å². The Morgan fingerprint density at radius 3 is 2.31 bits per heavy atom. The summed E-state index contributed by atoms with van der Waals surface area (Å²) in [6, 6.07) is 19.7. The molecule has 1 heterocycles. The molecule has 1 amide bonds. The second-order valence-corrected chi connectivity index (χ2v) is 8.32. The summed E-state index contributed by atoms with van der Waals surface area (Å²) < 4.78 is 10.8. The second kappa shape index (κ2) is 10.5. The van der Waals surface area contributed by atoms with E-state index < -0.39 is 23.7 Å². The van der Waals surface area contributed by atoms with Crippen molar-refractivity contribution in [3.05, 3.63) is 95.1 Å². The fraction of sp³-hybridized carbons (Fsp3) is 0.207. The Balaban J connectivity index is 1.91. The van der Waals surface area contributed by atoms with E-state index >= 15 is 0 Å². The maximum atomic E-state index is 13.4. The molecule has 3 aromatic rings. The average molecular weight is 486 g/mol. The minimum atomic E-state index is -0.941. The van der Waals surface area contributed by atoms with Crippen molar-refractivity contribution in [1.29, 1.82) is 0 Å². The third-order valence-corrected chi connectivity index (χ3v) is 5.92. The quantitative estimate of drug-likeness (QED) is 0.163. The van der Waals surface area contributed by atoms with Crippen molar-refractivity contribution in [3.8, 4) is 11.5 Å². The van der Waals surface area contributed by atoms with Crippen LogP contribution >= 0.6 is 0 Å². The number of carbonyl (C=O) groups excluding carboxylic acids is 3. The Bertz CT molecular complexity index is 1340. The number of hydrogen-bond donors (Lipinski definition) is 1. The van der Waals surface area contributed by atoms with Gasteiger partial charge in [0, 0.05) is 18.2 Å². The fourth-order valence-electron chi connectivity index (χ4n) is 4.28. The molecule has 0 radical (unpaired) electrons. The van der Waals surface area contributed by atoms with E-state index in [0.29, 0.717) is 29.2 Å². The molecule has 4 rings (SSSR count). The summed E-state index contributed by atoms with van der Waals surface area (Å²) in [6.45, 7) is 5.60. The standard InChI is InChI=1S/C29H27NO6/c1-4-19-12-14-22(15-13-19)30-26(20-8-6-11-24(16-20)36-18(3)31)25(28(33)29(30)34)27(32)21-9-7-10-23(17-21)35-5-2/h6-17,26,32H,4-5H2,1-3H3/b27-25-. The van der Waals surface area contributed by atoms with Gasteiger partial charge in [0.2, 0.25) is 0 Å². The third-order valence-electron chi connectivity index (χ3n) is 5.92. The molecule has 36 heavy (non-hydrogen) atoms. The lowest BCUT2D eigenvalue weighted by Crippen LogP contribution is -2.29. The van der Waals surface area contributed by atoms with E-state index in [0.717, 1.165) is 12.0 Å². The molecule has 0 aliphatic carbocycles. The Morgan fingerprint density at radius 2 is 1.64 bits per heavy atom. The van der Waals surface area contributed by atoms with Crippen molar-refractivity contribution in [3.63, 3.8) is 0 Å². The van der Waals surface area contributed by atoms with Crippen LogP contribution in [0.25, 0.3) is 5.76 Å². The van der Waals surface area contributed by atoms with Crippen molar-refractivity contribution in [2.24, 2.45) is 0 Å². The first-order valence-corrected chi connectivity index (χ1v) is 11.8. The molecule has 0 saturated carbocycles. The van der Waals surface area contributed by atoms with E-state index in [1.807, 2.05) is 26.0 Å². The number of nitrogens with zero attached hydrogens (tertiary/aromatic N) is 1. The lowest BCUT2D eigenvalue weighted by atomic mass is 9.95. The van der Waals surface area contributed by atoms with Crippen LogP contribution in [0.3, 0.4) is 0 Å². The van der Waals surface area contributed by atoms with Crippen LogP contribution in [-0.2, 0) is 20.8 Å². The number of carbonyl (C=O) groups is 3. The molecule has 1 aliphatic heterocycles. The highest BCUT2D eigenvalue weighted by Gasteiger charge is 2.47. The predicted octanol–water partition coefficient (Wildman–Crippen LogP) is 5.20. The van der Waals surface area contributed by atoms with Crippen LogP contribution in [0.2, 0.25) is 0 Å². The predicted molar refractivity (Wildman–Crippen MR) is 136 cm³/mol. The smallest absolute Gasteiger partial charge is 0.308 e. The first-order chi connectivity index (χ1) is 17.3. The molecular formula is C29H27NO6. The summed E-state index contributed by atoms with van der Waals surface area (Å²) in [7, 11) is 0. The molecular weight excluding hydrogens is 458 g/mol. The van der Waals surface area contributed by atoms with Gasteiger partial charge < -0.3 is 14.6 Å². The highest BCUT2D eigenvalue weighted by Crippen LogP contribution is 2.43. The minimum absolute atomic E-state index is 0.0619. The zero-order chi connectivity index (χ0) is 25.8. The van der Waals surface area contributed by atoms with Gasteiger partial charge in [-0.3, -0.25) is 19.3 Å². The van der Waals surface area contributed by atoms with Crippen LogP contribution in [0.4, 0.5) is 5.69 Å². The minimum Gasteiger partial charge on any atom is -0.507 e. The topological polar surface area (TPSA) is 93.1 Å². The van der Waals surface area contributed by atoms with E-state index in [2.05, 4.69) is 0 Å². The summed E-state index contributed by atoms with van der Waals surface area (Å²) in [5.74, 6) is -1.58. The number of aliphatic hydroxyl groups is 1.